The maximum Gasteiger partial charge on any atom is 0.322 e. The third-order valence-electron chi connectivity index (χ3n) is 5.32. The number of hydrogen-bond acceptors (Lipinski definition) is 4. The van der Waals surface area contributed by atoms with Gasteiger partial charge in [0.1, 0.15) is 5.82 Å². The molecule has 1 heterocycles. The monoisotopic (exact) mass is 509 g/mol. The minimum absolute atomic E-state index is 0.194. The topological polar surface area (TPSA) is 70.5 Å². The van der Waals surface area contributed by atoms with E-state index in [0.717, 1.165) is 0 Å². The van der Waals surface area contributed by atoms with Crippen molar-refractivity contribution in [3.8, 4) is 0 Å². The molecule has 0 saturated heterocycles. The molecule has 1 atom stereocenters. The number of urea groups is 1. The first-order chi connectivity index (χ1) is 15.6. The number of nitrogens with zero attached hydrogens (tertiary/aromatic N) is 4. The van der Waals surface area contributed by atoms with Crippen molar-refractivity contribution in [1.29, 1.82) is 0 Å². The first kappa shape index (κ1) is 25.3. The van der Waals surface area contributed by atoms with E-state index in [1.807, 2.05) is 32.8 Å². The van der Waals surface area contributed by atoms with E-state index in [2.05, 4.69) is 5.32 Å². The number of amides is 2. The predicted molar refractivity (Wildman–Crippen MR) is 136 cm³/mol. The molecule has 0 saturated carbocycles. The van der Waals surface area contributed by atoms with Crippen LogP contribution in [0.15, 0.2) is 41.2 Å². The predicted octanol–water partition coefficient (Wildman–Crippen LogP) is 5.53. The summed E-state index contributed by atoms with van der Waals surface area (Å²) in [6.07, 6.45) is 0. The Balaban J connectivity index is 2.03. The van der Waals surface area contributed by atoms with Crippen LogP contribution in [0.25, 0.3) is 10.9 Å². The van der Waals surface area contributed by atoms with Crippen molar-refractivity contribution in [2.24, 2.45) is 0 Å². The number of carbonyl (C=O) groups is 1. The van der Waals surface area contributed by atoms with Gasteiger partial charge in [-0.1, -0.05) is 34.8 Å². The fourth-order valence-electron chi connectivity index (χ4n) is 3.53. The summed E-state index contributed by atoms with van der Waals surface area (Å²) >= 11 is 18.3. The number of anilines is 1. The maximum atomic E-state index is 13.3. The number of carbonyl (C=O) groups excluding carboxylic acids is 1. The van der Waals surface area contributed by atoms with Crippen LogP contribution in [0.2, 0.25) is 15.1 Å². The maximum absolute atomic E-state index is 13.3. The van der Waals surface area contributed by atoms with Crippen LogP contribution >= 0.6 is 34.8 Å². The van der Waals surface area contributed by atoms with Crippen LogP contribution in [0, 0.1) is 0 Å². The van der Waals surface area contributed by atoms with Crippen LogP contribution in [0.4, 0.5) is 10.5 Å². The van der Waals surface area contributed by atoms with E-state index in [0.29, 0.717) is 57.1 Å². The fourth-order valence-corrected chi connectivity index (χ4v) is 4.16. The van der Waals surface area contributed by atoms with Gasteiger partial charge in [0.25, 0.3) is 5.56 Å². The van der Waals surface area contributed by atoms with E-state index in [1.165, 1.54) is 0 Å². The molecular weight excluding hydrogens is 485 g/mol. The molecule has 1 N–H and O–H groups in total. The summed E-state index contributed by atoms with van der Waals surface area (Å²) in [5, 5.41) is 4.58. The number of likely N-dealkylation sites (N-methyl/N-ethyl adjacent to an activating group) is 1. The van der Waals surface area contributed by atoms with Crippen LogP contribution in [0.5, 0.6) is 0 Å². The van der Waals surface area contributed by atoms with Gasteiger partial charge in [0.2, 0.25) is 0 Å². The van der Waals surface area contributed by atoms with Gasteiger partial charge in [0.05, 0.1) is 27.7 Å². The number of halogens is 3. The molecule has 2 amide bonds. The van der Waals surface area contributed by atoms with Crippen molar-refractivity contribution < 1.29 is 4.79 Å². The molecule has 1 aromatic heterocycles. The Morgan fingerprint density at radius 1 is 1.09 bits per heavy atom. The standard InChI is InChI=1S/C23H26Cl3N5O2/c1-5-30-21(27-19-8-6-15(24)12-17(19)22(30)32)14(2)31(11-10-29(3)4)23(33)28-20-9-7-16(25)13-18(20)26/h6-9,12-14H,5,10-11H2,1-4H3,(H,28,33). The third kappa shape index (κ3) is 5.79. The van der Waals surface area contributed by atoms with Crippen molar-refractivity contribution in [1.82, 2.24) is 19.4 Å². The van der Waals surface area contributed by atoms with Crippen molar-refractivity contribution in [3.05, 3.63) is 67.6 Å². The second kappa shape index (κ2) is 10.7. The molecule has 0 fully saturated rings. The molecule has 7 nitrogen and oxygen atoms in total. The number of nitrogens with one attached hydrogen (secondary N) is 1. The van der Waals surface area contributed by atoms with E-state index in [-0.39, 0.29) is 11.6 Å². The van der Waals surface area contributed by atoms with Gasteiger partial charge in [-0.25, -0.2) is 9.78 Å². The van der Waals surface area contributed by atoms with E-state index in [1.54, 1.807) is 45.9 Å². The van der Waals surface area contributed by atoms with Crippen LogP contribution in [0.3, 0.4) is 0 Å². The second-order valence-corrected chi connectivity index (χ2v) is 9.19. The molecule has 3 aromatic rings. The molecule has 2 aromatic carbocycles. The van der Waals surface area contributed by atoms with Crippen molar-refractivity contribution in [2.75, 3.05) is 32.5 Å². The molecule has 0 aliphatic carbocycles. The van der Waals surface area contributed by atoms with Gasteiger partial charge in [-0.05, 0) is 64.3 Å². The first-order valence-corrected chi connectivity index (χ1v) is 11.6. The summed E-state index contributed by atoms with van der Waals surface area (Å²) in [6, 6.07) is 9.04. The summed E-state index contributed by atoms with van der Waals surface area (Å²) in [4.78, 5) is 34.9. The SMILES string of the molecule is CCn1c(C(C)N(CCN(C)C)C(=O)Nc2ccc(Cl)cc2Cl)nc2ccc(Cl)cc2c1=O. The number of benzene rings is 2. The zero-order valence-corrected chi connectivity index (χ0v) is 21.2. The summed E-state index contributed by atoms with van der Waals surface area (Å²) < 4.78 is 1.58. The lowest BCUT2D eigenvalue weighted by atomic mass is 10.2. The lowest BCUT2D eigenvalue weighted by Crippen LogP contribution is -2.43. The average molecular weight is 511 g/mol. The van der Waals surface area contributed by atoms with Crippen molar-refractivity contribution >= 4 is 57.4 Å². The molecule has 3 rings (SSSR count). The van der Waals surface area contributed by atoms with Gasteiger partial charge >= 0.3 is 6.03 Å². The molecule has 0 radical (unpaired) electrons. The molecule has 10 heteroatoms. The summed E-state index contributed by atoms with van der Waals surface area (Å²) in [6.45, 7) is 5.15. The zero-order valence-electron chi connectivity index (χ0n) is 18.9. The van der Waals surface area contributed by atoms with Gasteiger partial charge in [0.15, 0.2) is 0 Å². The van der Waals surface area contributed by atoms with Crippen LogP contribution in [0.1, 0.15) is 25.7 Å². The minimum Gasteiger partial charge on any atom is -0.313 e. The van der Waals surface area contributed by atoms with Gasteiger partial charge < -0.3 is 15.1 Å². The van der Waals surface area contributed by atoms with Crippen LogP contribution in [-0.2, 0) is 6.54 Å². The molecular formula is C23H26Cl3N5O2. The van der Waals surface area contributed by atoms with E-state index >= 15 is 0 Å². The van der Waals surface area contributed by atoms with Crippen molar-refractivity contribution in [3.63, 3.8) is 0 Å². The molecule has 33 heavy (non-hydrogen) atoms. The zero-order chi connectivity index (χ0) is 24.3. The molecule has 176 valence electrons. The highest BCUT2D eigenvalue weighted by Crippen LogP contribution is 2.27. The van der Waals surface area contributed by atoms with Gasteiger partial charge in [-0.2, -0.15) is 0 Å². The Labute approximate surface area is 207 Å². The molecule has 0 spiro atoms. The highest BCUT2D eigenvalue weighted by Gasteiger charge is 2.26. The normalized spacial score (nSPS) is 12.2. The van der Waals surface area contributed by atoms with Crippen LogP contribution < -0.4 is 10.9 Å². The number of hydrogen-bond donors (Lipinski definition) is 1. The Kier molecular flexibility index (Phi) is 8.23. The molecule has 0 bridgehead atoms. The third-order valence-corrected chi connectivity index (χ3v) is 6.11. The Morgan fingerprint density at radius 3 is 2.39 bits per heavy atom. The average Bonchev–Trinajstić information content (AvgIpc) is 2.75. The smallest absolute Gasteiger partial charge is 0.313 e. The highest BCUT2D eigenvalue weighted by atomic mass is 35.5. The van der Waals surface area contributed by atoms with Gasteiger partial charge in [-0.15, -0.1) is 0 Å². The van der Waals surface area contributed by atoms with Gasteiger partial charge in [0, 0.05) is 29.7 Å². The molecule has 1 unspecified atom stereocenters. The second-order valence-electron chi connectivity index (χ2n) is 7.91. The Hall–Kier alpha value is -2.32. The van der Waals surface area contributed by atoms with Crippen molar-refractivity contribution in [2.45, 2.75) is 26.4 Å². The van der Waals surface area contributed by atoms with E-state index in [9.17, 15) is 9.59 Å². The minimum atomic E-state index is -0.497. The quantitative estimate of drug-likeness (QED) is 0.453. The Bertz CT molecular complexity index is 1230. The Morgan fingerprint density at radius 2 is 1.76 bits per heavy atom. The van der Waals surface area contributed by atoms with Gasteiger partial charge in [-0.3, -0.25) is 9.36 Å². The largest absolute Gasteiger partial charge is 0.322 e. The van der Waals surface area contributed by atoms with E-state index in [4.69, 9.17) is 39.8 Å². The fraction of sp³-hybridized carbons (Fsp3) is 0.348. The van der Waals surface area contributed by atoms with E-state index < -0.39 is 6.04 Å². The molecule has 0 aliphatic heterocycles. The summed E-state index contributed by atoms with van der Waals surface area (Å²) in [5.74, 6) is 0.494. The first-order valence-electron chi connectivity index (χ1n) is 10.5. The number of fused-ring (bicyclic) bond motifs is 1. The lowest BCUT2D eigenvalue weighted by molar-refractivity contribution is 0.180. The number of rotatable bonds is 7. The summed E-state index contributed by atoms with van der Waals surface area (Å²) in [5.41, 5.74) is 0.785. The lowest BCUT2D eigenvalue weighted by Gasteiger charge is -2.31. The van der Waals surface area contributed by atoms with Crippen LogP contribution in [-0.4, -0.2) is 52.6 Å². The molecule has 0 aliphatic rings. The highest BCUT2D eigenvalue weighted by molar-refractivity contribution is 6.36. The summed E-state index contributed by atoms with van der Waals surface area (Å²) in [7, 11) is 3.85. The number of aromatic nitrogens is 2.